The van der Waals surface area contributed by atoms with E-state index in [9.17, 15) is 9.50 Å². The first-order chi connectivity index (χ1) is 9.79. The smallest absolute Gasteiger partial charge is 0.126 e. The molecular formula is C16H26FN3O. The summed E-state index contributed by atoms with van der Waals surface area (Å²) < 4.78 is 13.9. The van der Waals surface area contributed by atoms with Gasteiger partial charge in [-0.2, -0.15) is 0 Å². The van der Waals surface area contributed by atoms with Gasteiger partial charge < -0.3 is 20.6 Å². The highest BCUT2D eigenvalue weighted by molar-refractivity contribution is 5.58. The number of aryl methyl sites for hydroxylation is 1. The number of nitrogens with zero attached hydrogens (tertiary/aromatic N) is 2. The van der Waals surface area contributed by atoms with Gasteiger partial charge in [0.2, 0.25) is 0 Å². The van der Waals surface area contributed by atoms with Gasteiger partial charge in [-0.15, -0.1) is 0 Å². The highest BCUT2D eigenvalue weighted by atomic mass is 19.1. The van der Waals surface area contributed by atoms with Crippen LogP contribution in [-0.4, -0.2) is 49.3 Å². The Hall–Kier alpha value is -1.17. The molecule has 0 spiro atoms. The molecule has 0 aliphatic carbocycles. The Morgan fingerprint density at radius 1 is 1.48 bits per heavy atom. The fraction of sp³-hybridized carbons (Fsp3) is 0.625. The number of anilines is 1. The van der Waals surface area contributed by atoms with Gasteiger partial charge in [0, 0.05) is 30.9 Å². The van der Waals surface area contributed by atoms with Gasteiger partial charge in [-0.3, -0.25) is 0 Å². The number of aliphatic hydroxyl groups excluding tert-OH is 1. The standard InChI is InChI=1S/C16H26FN3O/c1-10-5-16(14(11(2)18)7-15(10)17)20-9-13(21)6-12(20)8-19(3)4/h5,7,11-13,21H,6,8-9,18H2,1-4H3/t11-,12?,13?/m1/s1. The highest BCUT2D eigenvalue weighted by Gasteiger charge is 2.33. The van der Waals surface area contributed by atoms with Gasteiger partial charge in [0.1, 0.15) is 5.82 Å². The van der Waals surface area contributed by atoms with E-state index in [1.165, 1.54) is 6.07 Å². The molecule has 5 heteroatoms. The number of likely N-dealkylation sites (N-methyl/N-ethyl adjacent to an activating group) is 1. The number of β-amino-alcohol motifs (C(OH)–C–C–N with tert-alkyl or cyclic N) is 1. The Balaban J connectivity index is 2.41. The van der Waals surface area contributed by atoms with E-state index < -0.39 is 0 Å². The molecule has 1 aliphatic rings. The van der Waals surface area contributed by atoms with Gasteiger partial charge in [0.15, 0.2) is 0 Å². The zero-order valence-corrected chi connectivity index (χ0v) is 13.3. The van der Waals surface area contributed by atoms with E-state index in [0.29, 0.717) is 12.1 Å². The maximum atomic E-state index is 13.9. The molecule has 2 unspecified atom stereocenters. The van der Waals surface area contributed by atoms with Crippen molar-refractivity contribution >= 4 is 5.69 Å². The van der Waals surface area contributed by atoms with Gasteiger partial charge in [-0.1, -0.05) is 0 Å². The van der Waals surface area contributed by atoms with Crippen molar-refractivity contribution in [2.75, 3.05) is 32.1 Å². The zero-order chi connectivity index (χ0) is 15.7. The van der Waals surface area contributed by atoms with Crippen LogP contribution in [0.2, 0.25) is 0 Å². The van der Waals surface area contributed by atoms with E-state index in [1.54, 1.807) is 6.92 Å². The fourth-order valence-electron chi connectivity index (χ4n) is 3.08. The van der Waals surface area contributed by atoms with Crippen LogP contribution in [0.1, 0.15) is 30.5 Å². The molecule has 1 saturated heterocycles. The van der Waals surface area contributed by atoms with Crippen molar-refractivity contribution in [3.63, 3.8) is 0 Å². The minimum absolute atomic E-state index is 0.220. The second kappa shape index (κ2) is 6.30. The van der Waals surface area contributed by atoms with Crippen LogP contribution >= 0.6 is 0 Å². The molecule has 3 N–H and O–H groups in total. The van der Waals surface area contributed by atoms with Crippen LogP contribution in [0.5, 0.6) is 0 Å². The second-order valence-corrected chi connectivity index (χ2v) is 6.41. The number of benzene rings is 1. The summed E-state index contributed by atoms with van der Waals surface area (Å²) in [6.45, 7) is 5.05. The zero-order valence-electron chi connectivity index (χ0n) is 13.3. The van der Waals surface area contributed by atoms with Crippen LogP contribution in [0, 0.1) is 12.7 Å². The molecule has 0 bridgehead atoms. The highest BCUT2D eigenvalue weighted by Crippen LogP contribution is 2.33. The number of hydrogen-bond acceptors (Lipinski definition) is 4. The summed E-state index contributed by atoms with van der Waals surface area (Å²) in [5.74, 6) is -0.227. The molecular weight excluding hydrogens is 269 g/mol. The third-order valence-electron chi connectivity index (χ3n) is 4.08. The van der Waals surface area contributed by atoms with Crippen LogP contribution in [0.3, 0.4) is 0 Å². The maximum Gasteiger partial charge on any atom is 0.126 e. The normalized spacial score (nSPS) is 23.9. The van der Waals surface area contributed by atoms with E-state index in [-0.39, 0.29) is 24.0 Å². The molecule has 0 aromatic heterocycles. The number of halogens is 1. The van der Waals surface area contributed by atoms with Crippen molar-refractivity contribution in [1.82, 2.24) is 4.90 Å². The molecule has 21 heavy (non-hydrogen) atoms. The third kappa shape index (κ3) is 3.54. The van der Waals surface area contributed by atoms with Gasteiger partial charge >= 0.3 is 0 Å². The van der Waals surface area contributed by atoms with Crippen molar-refractivity contribution in [2.24, 2.45) is 5.73 Å². The van der Waals surface area contributed by atoms with Crippen molar-refractivity contribution < 1.29 is 9.50 Å². The molecule has 4 nitrogen and oxygen atoms in total. The van der Waals surface area contributed by atoms with Crippen molar-refractivity contribution in [3.05, 3.63) is 29.1 Å². The topological polar surface area (TPSA) is 52.7 Å². The molecule has 118 valence electrons. The Bertz CT molecular complexity index is 505. The average molecular weight is 295 g/mol. The van der Waals surface area contributed by atoms with Crippen molar-refractivity contribution in [1.29, 1.82) is 0 Å². The number of aliphatic hydroxyl groups is 1. The maximum absolute atomic E-state index is 13.9. The predicted octanol–water partition coefficient (Wildman–Crippen LogP) is 1.66. The quantitative estimate of drug-likeness (QED) is 0.887. The first kappa shape index (κ1) is 16.2. The van der Waals surface area contributed by atoms with Crippen LogP contribution in [-0.2, 0) is 0 Å². The molecule has 1 aromatic carbocycles. The van der Waals surface area contributed by atoms with Crippen LogP contribution in [0.25, 0.3) is 0 Å². The molecule has 0 radical (unpaired) electrons. The minimum atomic E-state index is -0.346. The van der Waals surface area contributed by atoms with E-state index in [4.69, 9.17) is 5.73 Å². The average Bonchev–Trinajstić information content (AvgIpc) is 2.71. The number of rotatable bonds is 4. The summed E-state index contributed by atoms with van der Waals surface area (Å²) in [7, 11) is 4.04. The summed E-state index contributed by atoms with van der Waals surface area (Å²) >= 11 is 0. The van der Waals surface area contributed by atoms with E-state index >= 15 is 0 Å². The van der Waals surface area contributed by atoms with E-state index in [1.807, 2.05) is 27.1 Å². The lowest BCUT2D eigenvalue weighted by Crippen LogP contribution is -2.38. The van der Waals surface area contributed by atoms with Crippen LogP contribution in [0.4, 0.5) is 10.1 Å². The monoisotopic (exact) mass is 295 g/mol. The van der Waals surface area contributed by atoms with Crippen molar-refractivity contribution in [3.8, 4) is 0 Å². The first-order valence-corrected chi connectivity index (χ1v) is 7.44. The summed E-state index contributed by atoms with van der Waals surface area (Å²) in [6.07, 6.45) is 0.383. The van der Waals surface area contributed by atoms with Gasteiger partial charge in [-0.25, -0.2) is 4.39 Å². The van der Waals surface area contributed by atoms with Gasteiger partial charge in [-0.05, 0) is 57.6 Å². The van der Waals surface area contributed by atoms with Gasteiger partial charge in [0.25, 0.3) is 0 Å². The van der Waals surface area contributed by atoms with Gasteiger partial charge in [0.05, 0.1) is 6.10 Å². The summed E-state index contributed by atoms with van der Waals surface area (Å²) in [4.78, 5) is 4.29. The molecule has 1 fully saturated rings. The predicted molar refractivity (Wildman–Crippen MR) is 84.1 cm³/mol. The molecule has 1 aliphatic heterocycles. The summed E-state index contributed by atoms with van der Waals surface area (Å²) in [6, 6.07) is 3.37. The largest absolute Gasteiger partial charge is 0.391 e. The molecule has 2 rings (SSSR count). The van der Waals surface area contributed by atoms with Crippen LogP contribution in [0.15, 0.2) is 12.1 Å². The van der Waals surface area contributed by atoms with E-state index in [0.717, 1.165) is 24.2 Å². The molecule has 1 aromatic rings. The Morgan fingerprint density at radius 3 is 2.71 bits per heavy atom. The SMILES string of the molecule is Cc1cc(N2CC(O)CC2CN(C)C)c([C@@H](C)N)cc1F. The molecule has 0 saturated carbocycles. The fourth-order valence-corrected chi connectivity index (χ4v) is 3.08. The lowest BCUT2D eigenvalue weighted by molar-refractivity contribution is 0.191. The number of hydrogen-bond donors (Lipinski definition) is 2. The molecule has 1 heterocycles. The van der Waals surface area contributed by atoms with Crippen LogP contribution < -0.4 is 10.6 Å². The second-order valence-electron chi connectivity index (χ2n) is 6.41. The minimum Gasteiger partial charge on any atom is -0.391 e. The summed E-state index contributed by atoms with van der Waals surface area (Å²) in [5, 5.41) is 10.0. The molecule has 3 atom stereocenters. The third-order valence-corrected chi connectivity index (χ3v) is 4.08. The Morgan fingerprint density at radius 2 is 2.14 bits per heavy atom. The van der Waals surface area contributed by atoms with E-state index in [2.05, 4.69) is 9.80 Å². The summed E-state index contributed by atoms with van der Waals surface area (Å²) in [5.41, 5.74) is 8.38. The molecule has 0 amide bonds. The first-order valence-electron chi connectivity index (χ1n) is 7.44. The lowest BCUT2D eigenvalue weighted by atomic mass is 10.0. The Labute approximate surface area is 126 Å². The Kier molecular flexibility index (Phi) is 4.86. The van der Waals surface area contributed by atoms with Crippen molar-refractivity contribution in [2.45, 2.75) is 38.5 Å². The number of nitrogens with two attached hydrogens (primary N) is 1. The lowest BCUT2D eigenvalue weighted by Gasteiger charge is -2.31.